The van der Waals surface area contributed by atoms with Crippen molar-refractivity contribution in [1.29, 1.82) is 0 Å². The molecular weight excluding hydrogens is 128 g/mol. The highest BCUT2D eigenvalue weighted by Crippen LogP contribution is 1.94. The zero-order chi connectivity index (χ0) is 7.98. The second-order valence-corrected chi connectivity index (χ2v) is 2.58. The van der Waals surface area contributed by atoms with E-state index in [-0.39, 0.29) is 12.1 Å². The van der Waals surface area contributed by atoms with Gasteiger partial charge in [-0.3, -0.25) is 0 Å². The summed E-state index contributed by atoms with van der Waals surface area (Å²) in [4.78, 5) is 0. The molecule has 0 rings (SSSR count). The van der Waals surface area contributed by atoms with Crippen molar-refractivity contribution in [3.63, 3.8) is 0 Å². The van der Waals surface area contributed by atoms with Gasteiger partial charge in [0.2, 0.25) is 0 Å². The van der Waals surface area contributed by atoms with Crippen molar-refractivity contribution in [2.45, 2.75) is 32.4 Å². The summed E-state index contributed by atoms with van der Waals surface area (Å²) >= 11 is 0. The fourth-order valence-electron chi connectivity index (χ4n) is 0.963. The fraction of sp³-hybridized carbons (Fsp3) is 1.00. The van der Waals surface area contributed by atoms with Crippen LogP contribution in [0.1, 0.15) is 20.3 Å². The van der Waals surface area contributed by atoms with Gasteiger partial charge in [-0.15, -0.1) is 0 Å². The van der Waals surface area contributed by atoms with Gasteiger partial charge in [-0.2, -0.15) is 0 Å². The maximum absolute atomic E-state index is 8.98. The van der Waals surface area contributed by atoms with Crippen LogP contribution in [0.15, 0.2) is 0 Å². The number of aliphatic hydroxyl groups excluding tert-OH is 1. The lowest BCUT2D eigenvalue weighted by Crippen LogP contribution is -2.38. The van der Waals surface area contributed by atoms with E-state index in [1.165, 1.54) is 0 Å². The van der Waals surface area contributed by atoms with Crippen LogP contribution in [0.25, 0.3) is 0 Å². The molecule has 62 valence electrons. The van der Waals surface area contributed by atoms with Crippen molar-refractivity contribution in [3.8, 4) is 0 Å². The molecule has 2 unspecified atom stereocenters. The summed E-state index contributed by atoms with van der Waals surface area (Å²) in [5.41, 5.74) is 5.43. The van der Waals surface area contributed by atoms with E-state index in [9.17, 15) is 0 Å². The van der Waals surface area contributed by atoms with E-state index in [2.05, 4.69) is 5.32 Å². The van der Waals surface area contributed by atoms with E-state index < -0.39 is 0 Å². The number of hydrogen-bond acceptors (Lipinski definition) is 3. The van der Waals surface area contributed by atoms with Crippen LogP contribution in [0.4, 0.5) is 0 Å². The third-order valence-electron chi connectivity index (χ3n) is 1.40. The fourth-order valence-corrected chi connectivity index (χ4v) is 0.963. The van der Waals surface area contributed by atoms with E-state index in [1.807, 2.05) is 6.92 Å². The third-order valence-corrected chi connectivity index (χ3v) is 1.40. The Morgan fingerprint density at radius 3 is 2.50 bits per heavy atom. The Labute approximate surface area is 62.6 Å². The maximum atomic E-state index is 8.98. The Balaban J connectivity index is 3.39. The van der Waals surface area contributed by atoms with Crippen LogP contribution in [0.5, 0.6) is 0 Å². The number of hydrogen-bond donors (Lipinski definition) is 3. The SMILES string of the molecule is CCNC(CN)CC(C)O. The normalized spacial score (nSPS) is 16.8. The number of nitrogens with two attached hydrogens (primary N) is 1. The highest BCUT2D eigenvalue weighted by Gasteiger charge is 2.06. The van der Waals surface area contributed by atoms with Crippen molar-refractivity contribution in [2.24, 2.45) is 5.73 Å². The van der Waals surface area contributed by atoms with Crippen molar-refractivity contribution < 1.29 is 5.11 Å². The second-order valence-electron chi connectivity index (χ2n) is 2.58. The molecule has 3 heteroatoms. The number of rotatable bonds is 5. The van der Waals surface area contributed by atoms with Crippen LogP contribution in [0.2, 0.25) is 0 Å². The smallest absolute Gasteiger partial charge is 0.0527 e. The summed E-state index contributed by atoms with van der Waals surface area (Å²) in [6.45, 7) is 5.32. The van der Waals surface area contributed by atoms with Crippen LogP contribution < -0.4 is 11.1 Å². The average Bonchev–Trinajstić information content (AvgIpc) is 1.86. The molecule has 0 heterocycles. The van der Waals surface area contributed by atoms with Gasteiger partial charge in [0.15, 0.2) is 0 Å². The molecule has 0 aliphatic heterocycles. The molecule has 0 fully saturated rings. The van der Waals surface area contributed by atoms with Gasteiger partial charge in [0, 0.05) is 12.6 Å². The number of nitrogens with one attached hydrogen (secondary N) is 1. The molecular formula is C7H18N2O. The Bertz CT molecular complexity index is 76.0. The first-order valence-corrected chi connectivity index (χ1v) is 3.82. The lowest BCUT2D eigenvalue weighted by atomic mass is 10.1. The Kier molecular flexibility index (Phi) is 5.58. The van der Waals surface area contributed by atoms with Crippen LogP contribution in [0, 0.1) is 0 Å². The van der Waals surface area contributed by atoms with Crippen LogP contribution in [-0.2, 0) is 0 Å². The highest BCUT2D eigenvalue weighted by atomic mass is 16.3. The van der Waals surface area contributed by atoms with E-state index in [4.69, 9.17) is 10.8 Å². The molecule has 4 N–H and O–H groups in total. The molecule has 3 nitrogen and oxygen atoms in total. The molecule has 0 aromatic heterocycles. The first-order valence-electron chi connectivity index (χ1n) is 3.82. The van der Waals surface area contributed by atoms with Gasteiger partial charge in [0.05, 0.1) is 6.10 Å². The van der Waals surface area contributed by atoms with Gasteiger partial charge in [-0.05, 0) is 19.9 Å². The van der Waals surface area contributed by atoms with Crippen molar-refractivity contribution in [3.05, 3.63) is 0 Å². The predicted octanol–water partition coefficient (Wildman–Crippen LogP) is -0.306. The largest absolute Gasteiger partial charge is 0.393 e. The molecule has 0 saturated heterocycles. The summed E-state index contributed by atoms with van der Waals surface area (Å²) in [5, 5.41) is 12.2. The van der Waals surface area contributed by atoms with Crippen molar-refractivity contribution in [2.75, 3.05) is 13.1 Å². The summed E-state index contributed by atoms with van der Waals surface area (Å²) in [6, 6.07) is 0.269. The third kappa shape index (κ3) is 4.73. The zero-order valence-corrected chi connectivity index (χ0v) is 6.80. The molecule has 0 aromatic carbocycles. The molecule has 0 amide bonds. The summed E-state index contributed by atoms with van der Waals surface area (Å²) in [7, 11) is 0. The minimum atomic E-state index is -0.257. The minimum absolute atomic E-state index is 0.257. The summed E-state index contributed by atoms with van der Waals surface area (Å²) in [6.07, 6.45) is 0.484. The predicted molar refractivity (Wildman–Crippen MR) is 42.8 cm³/mol. The second kappa shape index (κ2) is 5.65. The van der Waals surface area contributed by atoms with E-state index in [0.717, 1.165) is 13.0 Å². The highest BCUT2D eigenvalue weighted by molar-refractivity contribution is 4.68. The van der Waals surface area contributed by atoms with E-state index >= 15 is 0 Å². The van der Waals surface area contributed by atoms with Gasteiger partial charge in [0.25, 0.3) is 0 Å². The number of likely N-dealkylation sites (N-methyl/N-ethyl adjacent to an activating group) is 1. The zero-order valence-electron chi connectivity index (χ0n) is 6.80. The average molecular weight is 146 g/mol. The van der Waals surface area contributed by atoms with Gasteiger partial charge in [-0.1, -0.05) is 6.92 Å². The lowest BCUT2D eigenvalue weighted by molar-refractivity contribution is 0.169. The molecule has 0 bridgehead atoms. The van der Waals surface area contributed by atoms with Crippen molar-refractivity contribution >= 4 is 0 Å². The molecule has 0 aliphatic carbocycles. The standard InChI is InChI=1S/C7H18N2O/c1-3-9-7(5-8)4-6(2)10/h6-7,9-10H,3-5,8H2,1-2H3. The van der Waals surface area contributed by atoms with Gasteiger partial charge in [0.1, 0.15) is 0 Å². The first-order chi connectivity index (χ1) is 4.70. The quantitative estimate of drug-likeness (QED) is 0.499. The molecule has 0 aliphatic rings. The van der Waals surface area contributed by atoms with Crippen LogP contribution >= 0.6 is 0 Å². The minimum Gasteiger partial charge on any atom is -0.393 e. The van der Waals surface area contributed by atoms with Gasteiger partial charge >= 0.3 is 0 Å². The Hall–Kier alpha value is -0.120. The molecule has 0 spiro atoms. The monoisotopic (exact) mass is 146 g/mol. The van der Waals surface area contributed by atoms with Crippen molar-refractivity contribution in [1.82, 2.24) is 5.32 Å². The molecule has 0 saturated carbocycles. The summed E-state index contributed by atoms with van der Waals surface area (Å²) < 4.78 is 0. The first kappa shape index (κ1) is 9.88. The Morgan fingerprint density at radius 2 is 2.20 bits per heavy atom. The summed E-state index contributed by atoms with van der Waals surface area (Å²) in [5.74, 6) is 0. The molecule has 2 atom stereocenters. The van der Waals surface area contributed by atoms with E-state index in [1.54, 1.807) is 6.92 Å². The maximum Gasteiger partial charge on any atom is 0.0527 e. The van der Waals surface area contributed by atoms with Gasteiger partial charge in [-0.25, -0.2) is 0 Å². The topological polar surface area (TPSA) is 58.3 Å². The molecule has 0 aromatic rings. The van der Waals surface area contributed by atoms with Crippen LogP contribution in [0.3, 0.4) is 0 Å². The molecule has 10 heavy (non-hydrogen) atoms. The lowest BCUT2D eigenvalue weighted by Gasteiger charge is -2.16. The van der Waals surface area contributed by atoms with Gasteiger partial charge < -0.3 is 16.2 Å². The van der Waals surface area contributed by atoms with E-state index in [0.29, 0.717) is 6.54 Å². The number of aliphatic hydroxyl groups is 1. The molecule has 0 radical (unpaired) electrons. The van der Waals surface area contributed by atoms with Crippen LogP contribution in [-0.4, -0.2) is 30.3 Å². The Morgan fingerprint density at radius 1 is 1.60 bits per heavy atom.